The Morgan fingerprint density at radius 3 is 1.84 bits per heavy atom. The Morgan fingerprint density at radius 1 is 0.711 bits per heavy atom. The van der Waals surface area contributed by atoms with Gasteiger partial charge in [0.05, 0.1) is 40.4 Å². The van der Waals surface area contributed by atoms with Gasteiger partial charge in [0.15, 0.2) is 23.0 Å². The Kier molecular flexibility index (Phi) is 8.83. The number of anilines is 1. The van der Waals surface area contributed by atoms with Crippen LogP contribution in [0.4, 0.5) is 5.69 Å². The highest BCUT2D eigenvalue weighted by Crippen LogP contribution is 2.41. The molecule has 0 saturated carbocycles. The van der Waals surface area contributed by atoms with E-state index in [1.807, 2.05) is 32.9 Å². The SMILES string of the molecule is COc1cc(/C=C\c2ccc(OC)c(OC)c2NS(=O)(=O)c2cccc(C(C)(C)C)c2)cc(OC)c1OC. The third-order valence-electron chi connectivity index (χ3n) is 5.97. The maximum atomic E-state index is 13.5. The smallest absolute Gasteiger partial charge is 0.262 e. The summed E-state index contributed by atoms with van der Waals surface area (Å²) in [5.41, 5.74) is 2.25. The number of nitrogens with one attached hydrogen (secondary N) is 1. The molecule has 38 heavy (non-hydrogen) atoms. The Bertz CT molecular complexity index is 1400. The van der Waals surface area contributed by atoms with E-state index in [2.05, 4.69) is 4.72 Å². The van der Waals surface area contributed by atoms with Crippen molar-refractivity contribution >= 4 is 27.9 Å². The number of hydrogen-bond donors (Lipinski definition) is 1. The first-order valence-electron chi connectivity index (χ1n) is 11.9. The van der Waals surface area contributed by atoms with E-state index in [4.69, 9.17) is 23.7 Å². The molecule has 0 atom stereocenters. The molecule has 3 aromatic rings. The van der Waals surface area contributed by atoms with Crippen molar-refractivity contribution in [1.29, 1.82) is 0 Å². The third kappa shape index (κ3) is 6.16. The highest BCUT2D eigenvalue weighted by atomic mass is 32.2. The van der Waals surface area contributed by atoms with E-state index in [1.165, 1.54) is 21.3 Å². The first-order valence-corrected chi connectivity index (χ1v) is 13.3. The Morgan fingerprint density at radius 2 is 1.32 bits per heavy atom. The molecule has 0 bridgehead atoms. The van der Waals surface area contributed by atoms with Gasteiger partial charge in [0, 0.05) is 5.56 Å². The van der Waals surface area contributed by atoms with E-state index < -0.39 is 10.0 Å². The lowest BCUT2D eigenvalue weighted by atomic mass is 9.87. The summed E-state index contributed by atoms with van der Waals surface area (Å²) in [6, 6.07) is 13.9. The molecule has 0 aliphatic carbocycles. The lowest BCUT2D eigenvalue weighted by Gasteiger charge is -2.21. The van der Waals surface area contributed by atoms with Crippen molar-refractivity contribution in [2.24, 2.45) is 0 Å². The fourth-order valence-electron chi connectivity index (χ4n) is 3.89. The number of ether oxygens (including phenoxy) is 5. The van der Waals surface area contributed by atoms with Crippen LogP contribution in [0.2, 0.25) is 0 Å². The largest absolute Gasteiger partial charge is 0.493 e. The van der Waals surface area contributed by atoms with Crippen molar-refractivity contribution in [2.75, 3.05) is 40.3 Å². The lowest BCUT2D eigenvalue weighted by Crippen LogP contribution is -2.17. The predicted molar refractivity (Wildman–Crippen MR) is 151 cm³/mol. The second kappa shape index (κ2) is 11.7. The van der Waals surface area contributed by atoms with Gasteiger partial charge in [-0.1, -0.05) is 45.1 Å². The van der Waals surface area contributed by atoms with Gasteiger partial charge in [-0.25, -0.2) is 8.42 Å². The molecule has 0 aliphatic heterocycles. The van der Waals surface area contributed by atoms with Crippen LogP contribution >= 0.6 is 0 Å². The summed E-state index contributed by atoms with van der Waals surface area (Å²) >= 11 is 0. The first kappa shape index (κ1) is 28.7. The van der Waals surface area contributed by atoms with Gasteiger partial charge < -0.3 is 23.7 Å². The molecule has 1 N–H and O–H groups in total. The maximum absolute atomic E-state index is 13.5. The topological polar surface area (TPSA) is 92.3 Å². The number of rotatable bonds is 10. The maximum Gasteiger partial charge on any atom is 0.262 e. The lowest BCUT2D eigenvalue weighted by molar-refractivity contribution is 0.324. The van der Waals surface area contributed by atoms with Crippen molar-refractivity contribution in [3.05, 3.63) is 65.2 Å². The highest BCUT2D eigenvalue weighted by molar-refractivity contribution is 7.92. The van der Waals surface area contributed by atoms with E-state index in [1.54, 1.807) is 62.8 Å². The zero-order chi connectivity index (χ0) is 28.1. The quantitative estimate of drug-likeness (QED) is 0.315. The van der Waals surface area contributed by atoms with Gasteiger partial charge in [0.1, 0.15) is 5.69 Å². The molecule has 0 amide bonds. The minimum absolute atomic E-state index is 0.148. The summed E-state index contributed by atoms with van der Waals surface area (Å²) in [6.45, 7) is 6.09. The first-order chi connectivity index (χ1) is 18.0. The predicted octanol–water partition coefficient (Wildman–Crippen LogP) is 6.00. The van der Waals surface area contributed by atoms with Crippen LogP contribution in [0.25, 0.3) is 12.2 Å². The van der Waals surface area contributed by atoms with Crippen LogP contribution in [0.5, 0.6) is 28.7 Å². The summed E-state index contributed by atoms with van der Waals surface area (Å²) in [6.07, 6.45) is 3.58. The zero-order valence-electron chi connectivity index (χ0n) is 23.0. The molecule has 0 aromatic heterocycles. The van der Waals surface area contributed by atoms with Crippen molar-refractivity contribution in [1.82, 2.24) is 0 Å². The standard InChI is InChI=1S/C29H35NO7S/c1-29(2,3)21-10-9-11-22(18-21)38(31,32)30-26-20(14-15-23(33-4)28(26)37-8)13-12-19-16-24(34-5)27(36-7)25(17-19)35-6/h9-18,30H,1-8H3/b13-12-. The molecule has 8 nitrogen and oxygen atoms in total. The molecular formula is C29H35NO7S. The molecule has 0 radical (unpaired) electrons. The summed E-state index contributed by atoms with van der Waals surface area (Å²) in [7, 11) is 3.61. The molecule has 0 spiro atoms. The molecule has 0 fully saturated rings. The molecule has 204 valence electrons. The van der Waals surface area contributed by atoms with Crippen LogP contribution in [0, 0.1) is 0 Å². The van der Waals surface area contributed by atoms with Crippen LogP contribution in [0.3, 0.4) is 0 Å². The third-order valence-corrected chi connectivity index (χ3v) is 7.31. The Hall–Kier alpha value is -3.85. The van der Waals surface area contributed by atoms with Crippen LogP contribution in [-0.4, -0.2) is 44.0 Å². The minimum Gasteiger partial charge on any atom is -0.493 e. The van der Waals surface area contributed by atoms with Gasteiger partial charge in [-0.15, -0.1) is 0 Å². The number of sulfonamides is 1. The van der Waals surface area contributed by atoms with E-state index in [0.29, 0.717) is 28.6 Å². The zero-order valence-corrected chi connectivity index (χ0v) is 23.9. The van der Waals surface area contributed by atoms with Crippen LogP contribution in [-0.2, 0) is 15.4 Å². The second-order valence-corrected chi connectivity index (χ2v) is 11.1. The van der Waals surface area contributed by atoms with Crippen molar-refractivity contribution in [2.45, 2.75) is 31.1 Å². The Labute approximate surface area is 225 Å². The highest BCUT2D eigenvalue weighted by Gasteiger charge is 2.23. The molecule has 0 saturated heterocycles. The average Bonchev–Trinajstić information content (AvgIpc) is 2.90. The molecule has 0 unspecified atom stereocenters. The van der Waals surface area contributed by atoms with Crippen molar-refractivity contribution in [3.8, 4) is 28.7 Å². The molecular weight excluding hydrogens is 506 g/mol. The summed E-state index contributed by atoms with van der Waals surface area (Å²) in [4.78, 5) is 0.148. The molecule has 3 rings (SSSR count). The number of methoxy groups -OCH3 is 5. The summed E-state index contributed by atoms with van der Waals surface area (Å²) in [5.74, 6) is 2.12. The van der Waals surface area contributed by atoms with Gasteiger partial charge in [-0.3, -0.25) is 4.72 Å². The van der Waals surface area contributed by atoms with E-state index >= 15 is 0 Å². The van der Waals surface area contributed by atoms with Gasteiger partial charge in [0.2, 0.25) is 5.75 Å². The van der Waals surface area contributed by atoms with E-state index in [9.17, 15) is 8.42 Å². The van der Waals surface area contributed by atoms with Gasteiger partial charge in [0.25, 0.3) is 10.0 Å². The summed E-state index contributed by atoms with van der Waals surface area (Å²) in [5, 5.41) is 0. The van der Waals surface area contributed by atoms with E-state index in [0.717, 1.165) is 11.1 Å². The van der Waals surface area contributed by atoms with Crippen LogP contribution < -0.4 is 28.4 Å². The second-order valence-electron chi connectivity index (χ2n) is 9.44. The Balaban J connectivity index is 2.11. The average molecular weight is 542 g/mol. The molecule has 0 heterocycles. The normalized spacial score (nSPS) is 11.8. The fourth-order valence-corrected chi connectivity index (χ4v) is 5.03. The fraction of sp³-hybridized carbons (Fsp3) is 0.310. The van der Waals surface area contributed by atoms with Crippen molar-refractivity contribution in [3.63, 3.8) is 0 Å². The molecule has 0 aliphatic rings. The molecule has 3 aromatic carbocycles. The van der Waals surface area contributed by atoms with Gasteiger partial charge in [-0.05, 0) is 52.9 Å². The van der Waals surface area contributed by atoms with Crippen LogP contribution in [0.15, 0.2) is 53.4 Å². The van der Waals surface area contributed by atoms with Crippen LogP contribution in [0.1, 0.15) is 37.5 Å². The number of benzene rings is 3. The van der Waals surface area contributed by atoms with E-state index in [-0.39, 0.29) is 21.7 Å². The minimum atomic E-state index is -3.97. The molecule has 9 heteroatoms. The van der Waals surface area contributed by atoms with Crippen molar-refractivity contribution < 1.29 is 32.1 Å². The monoisotopic (exact) mass is 541 g/mol. The summed E-state index contributed by atoms with van der Waals surface area (Å²) < 4.78 is 57.1. The van der Waals surface area contributed by atoms with Gasteiger partial charge >= 0.3 is 0 Å². The van der Waals surface area contributed by atoms with Gasteiger partial charge in [-0.2, -0.15) is 0 Å². The number of hydrogen-bond acceptors (Lipinski definition) is 7.